The molecule has 194 valence electrons. The van der Waals surface area contributed by atoms with E-state index >= 15 is 0 Å². The van der Waals surface area contributed by atoms with Gasteiger partial charge in [-0.25, -0.2) is 0 Å². The lowest BCUT2D eigenvalue weighted by molar-refractivity contribution is -0.138. The molecule has 3 aromatic carbocycles. The van der Waals surface area contributed by atoms with E-state index in [1.807, 2.05) is 56.3 Å². The maximum absolute atomic E-state index is 12.9. The molecular formula is C31H31N3O4. The molecule has 3 aromatic rings. The van der Waals surface area contributed by atoms with Crippen molar-refractivity contribution in [3.8, 4) is 11.1 Å². The van der Waals surface area contributed by atoms with Crippen molar-refractivity contribution < 1.29 is 19.2 Å². The summed E-state index contributed by atoms with van der Waals surface area (Å²) in [7, 11) is 0. The number of rotatable bonds is 7. The smallest absolute Gasteiger partial charge is 0.255 e. The Morgan fingerprint density at radius 1 is 0.921 bits per heavy atom. The Bertz CT molecular complexity index is 1410. The molecule has 2 fully saturated rings. The molecule has 1 aliphatic heterocycles. The largest absolute Gasteiger partial charge is 0.326 e. The highest BCUT2D eigenvalue weighted by Crippen LogP contribution is 2.36. The van der Waals surface area contributed by atoms with Gasteiger partial charge in [-0.05, 0) is 91.3 Å². The lowest BCUT2D eigenvalue weighted by Crippen LogP contribution is -2.51. The standard InChI is InChI=1S/C31H31N3O4/c1-3-31(17-16-27(35)34-30(31)38)23-11-14-24(15-12-23)32-28(36)21-7-5-20(6-8-21)26-18-25(13-4-19(26)2)33-29(37)22-9-10-22/h4-8,11-15,18,22H,3,9-10,16-17H2,1-2H3,(H,32,36)(H,33,37)(H,34,35,38). The van der Waals surface area contributed by atoms with Crippen molar-refractivity contribution >= 4 is 35.0 Å². The maximum Gasteiger partial charge on any atom is 0.255 e. The van der Waals surface area contributed by atoms with Gasteiger partial charge in [0.1, 0.15) is 0 Å². The number of carbonyl (C=O) groups is 4. The van der Waals surface area contributed by atoms with Gasteiger partial charge in [0.2, 0.25) is 17.7 Å². The molecular weight excluding hydrogens is 478 g/mol. The molecule has 5 rings (SSSR count). The fourth-order valence-corrected chi connectivity index (χ4v) is 5.04. The molecule has 7 heteroatoms. The topological polar surface area (TPSA) is 104 Å². The molecule has 1 saturated heterocycles. The van der Waals surface area contributed by atoms with E-state index in [1.165, 1.54) is 0 Å². The van der Waals surface area contributed by atoms with Crippen LogP contribution in [-0.4, -0.2) is 23.6 Å². The van der Waals surface area contributed by atoms with Gasteiger partial charge in [0.15, 0.2) is 0 Å². The fraction of sp³-hybridized carbons (Fsp3) is 0.290. The van der Waals surface area contributed by atoms with Crippen molar-refractivity contribution in [3.05, 3.63) is 83.4 Å². The van der Waals surface area contributed by atoms with Crippen LogP contribution in [0.1, 0.15) is 60.5 Å². The van der Waals surface area contributed by atoms with Crippen molar-refractivity contribution in [2.24, 2.45) is 5.92 Å². The van der Waals surface area contributed by atoms with Crippen LogP contribution < -0.4 is 16.0 Å². The first-order valence-corrected chi connectivity index (χ1v) is 13.1. The highest BCUT2D eigenvalue weighted by atomic mass is 16.2. The van der Waals surface area contributed by atoms with Gasteiger partial charge >= 0.3 is 0 Å². The number of piperidine rings is 1. The van der Waals surface area contributed by atoms with Crippen molar-refractivity contribution in [1.29, 1.82) is 0 Å². The first-order chi connectivity index (χ1) is 18.3. The Labute approximate surface area is 222 Å². The summed E-state index contributed by atoms with van der Waals surface area (Å²) >= 11 is 0. The van der Waals surface area contributed by atoms with Crippen molar-refractivity contribution in [1.82, 2.24) is 5.32 Å². The lowest BCUT2D eigenvalue weighted by Gasteiger charge is -2.35. The Morgan fingerprint density at radius 3 is 2.24 bits per heavy atom. The normalized spacial score (nSPS) is 19.0. The SMILES string of the molecule is CCC1(c2ccc(NC(=O)c3ccc(-c4cc(NC(=O)C5CC5)ccc4C)cc3)cc2)CCC(=O)NC1=O. The zero-order valence-corrected chi connectivity index (χ0v) is 21.6. The van der Waals surface area contributed by atoms with Gasteiger partial charge in [-0.2, -0.15) is 0 Å². The zero-order chi connectivity index (χ0) is 26.9. The highest BCUT2D eigenvalue weighted by molar-refractivity contribution is 6.05. The van der Waals surface area contributed by atoms with Gasteiger partial charge in [0.05, 0.1) is 5.41 Å². The van der Waals surface area contributed by atoms with Crippen LogP contribution in [-0.2, 0) is 19.8 Å². The second-order valence-electron chi connectivity index (χ2n) is 10.2. The number of aryl methyl sites for hydroxylation is 1. The van der Waals surface area contributed by atoms with Crippen LogP contribution in [0.3, 0.4) is 0 Å². The number of nitrogens with one attached hydrogen (secondary N) is 3. The summed E-state index contributed by atoms with van der Waals surface area (Å²) in [6.45, 7) is 3.96. The minimum atomic E-state index is -0.734. The third-order valence-corrected chi connectivity index (χ3v) is 7.68. The van der Waals surface area contributed by atoms with Crippen LogP contribution >= 0.6 is 0 Å². The van der Waals surface area contributed by atoms with E-state index in [0.717, 1.165) is 40.8 Å². The van der Waals surface area contributed by atoms with E-state index in [0.29, 0.717) is 30.5 Å². The van der Waals surface area contributed by atoms with Crippen molar-refractivity contribution in [2.45, 2.75) is 51.4 Å². The lowest BCUT2D eigenvalue weighted by atomic mass is 9.72. The molecule has 0 spiro atoms. The minimum absolute atomic E-state index is 0.0711. The van der Waals surface area contributed by atoms with Gasteiger partial charge < -0.3 is 10.6 Å². The van der Waals surface area contributed by atoms with Gasteiger partial charge in [0.25, 0.3) is 5.91 Å². The fourth-order valence-electron chi connectivity index (χ4n) is 5.04. The van der Waals surface area contributed by atoms with E-state index in [9.17, 15) is 19.2 Å². The van der Waals surface area contributed by atoms with Crippen LogP contribution in [0.25, 0.3) is 11.1 Å². The van der Waals surface area contributed by atoms with Gasteiger partial charge in [-0.3, -0.25) is 24.5 Å². The molecule has 1 atom stereocenters. The van der Waals surface area contributed by atoms with E-state index < -0.39 is 5.41 Å². The first kappa shape index (κ1) is 25.4. The minimum Gasteiger partial charge on any atom is -0.326 e. The molecule has 1 unspecified atom stereocenters. The molecule has 0 aromatic heterocycles. The molecule has 4 amide bonds. The molecule has 1 aliphatic carbocycles. The van der Waals surface area contributed by atoms with E-state index in [-0.39, 0.29) is 29.5 Å². The van der Waals surface area contributed by atoms with E-state index in [1.54, 1.807) is 24.3 Å². The summed E-state index contributed by atoms with van der Waals surface area (Å²) in [4.78, 5) is 49.3. The Balaban J connectivity index is 1.27. The van der Waals surface area contributed by atoms with Gasteiger partial charge in [-0.15, -0.1) is 0 Å². The number of imide groups is 1. The predicted octanol–water partition coefficient (Wildman–Crippen LogP) is 5.35. The number of benzene rings is 3. The van der Waals surface area contributed by atoms with Crippen LogP contribution in [0.2, 0.25) is 0 Å². The number of hydrogen-bond acceptors (Lipinski definition) is 4. The molecule has 2 aliphatic rings. The molecule has 0 radical (unpaired) electrons. The Kier molecular flexibility index (Phi) is 6.85. The second kappa shape index (κ2) is 10.2. The number of anilines is 2. The monoisotopic (exact) mass is 509 g/mol. The molecule has 1 saturated carbocycles. The average molecular weight is 510 g/mol. The first-order valence-electron chi connectivity index (χ1n) is 13.1. The van der Waals surface area contributed by atoms with Crippen LogP contribution in [0.5, 0.6) is 0 Å². The molecule has 7 nitrogen and oxygen atoms in total. The number of amides is 4. The van der Waals surface area contributed by atoms with Gasteiger partial charge in [-0.1, -0.05) is 37.3 Å². The van der Waals surface area contributed by atoms with Crippen molar-refractivity contribution in [2.75, 3.05) is 10.6 Å². The second-order valence-corrected chi connectivity index (χ2v) is 10.2. The average Bonchev–Trinajstić information content (AvgIpc) is 3.77. The number of hydrogen-bond donors (Lipinski definition) is 3. The van der Waals surface area contributed by atoms with Crippen LogP contribution in [0.4, 0.5) is 11.4 Å². The Hall–Kier alpha value is -4.26. The summed E-state index contributed by atoms with van der Waals surface area (Å²) in [5, 5.41) is 8.37. The summed E-state index contributed by atoms with van der Waals surface area (Å²) < 4.78 is 0. The molecule has 1 heterocycles. The molecule has 38 heavy (non-hydrogen) atoms. The highest BCUT2D eigenvalue weighted by Gasteiger charge is 2.42. The predicted molar refractivity (Wildman–Crippen MR) is 147 cm³/mol. The summed E-state index contributed by atoms with van der Waals surface area (Å²) in [6.07, 6.45) is 3.28. The molecule has 0 bridgehead atoms. The summed E-state index contributed by atoms with van der Waals surface area (Å²) in [5.74, 6) is -0.533. The van der Waals surface area contributed by atoms with E-state index in [4.69, 9.17) is 0 Å². The zero-order valence-electron chi connectivity index (χ0n) is 21.6. The van der Waals surface area contributed by atoms with Gasteiger partial charge in [0, 0.05) is 29.3 Å². The number of carbonyl (C=O) groups excluding carboxylic acids is 4. The third kappa shape index (κ3) is 5.09. The Morgan fingerprint density at radius 2 is 1.61 bits per heavy atom. The summed E-state index contributed by atoms with van der Waals surface area (Å²) in [5.41, 5.74) is 5.04. The summed E-state index contributed by atoms with van der Waals surface area (Å²) in [6, 6.07) is 20.5. The van der Waals surface area contributed by atoms with Crippen LogP contribution in [0.15, 0.2) is 66.7 Å². The third-order valence-electron chi connectivity index (χ3n) is 7.68. The maximum atomic E-state index is 12.9. The van der Waals surface area contributed by atoms with Crippen LogP contribution in [0, 0.1) is 12.8 Å². The van der Waals surface area contributed by atoms with E-state index in [2.05, 4.69) is 16.0 Å². The van der Waals surface area contributed by atoms with Crippen molar-refractivity contribution in [3.63, 3.8) is 0 Å². The molecule has 3 N–H and O–H groups in total. The quantitative estimate of drug-likeness (QED) is 0.374.